The van der Waals surface area contributed by atoms with E-state index in [2.05, 4.69) is 44.3 Å². The number of carbonyl (C=O) groups excluding carboxylic acids is 1. The van der Waals surface area contributed by atoms with Crippen molar-refractivity contribution in [1.29, 1.82) is 0 Å². The molecule has 2 aromatic carbocycles. The summed E-state index contributed by atoms with van der Waals surface area (Å²) < 4.78 is 5.91. The van der Waals surface area contributed by atoms with E-state index < -0.39 is 6.10 Å². The number of rotatable bonds is 6. The van der Waals surface area contributed by atoms with Gasteiger partial charge in [-0.05, 0) is 69.4 Å². The Morgan fingerprint density at radius 3 is 2.44 bits per heavy atom. The molecule has 0 aromatic heterocycles. The second kappa shape index (κ2) is 8.19. The molecule has 0 aliphatic carbocycles. The molecule has 0 saturated heterocycles. The zero-order valence-electron chi connectivity index (χ0n) is 16.1. The summed E-state index contributed by atoms with van der Waals surface area (Å²) in [5, 5.41) is 3.13. The summed E-state index contributed by atoms with van der Waals surface area (Å²) in [6, 6.07) is 12.3. The molecule has 0 spiro atoms. The summed E-state index contributed by atoms with van der Waals surface area (Å²) in [6.45, 7) is 12.1. The maximum atomic E-state index is 12.6. The highest BCUT2D eigenvalue weighted by Crippen LogP contribution is 2.24. The van der Waals surface area contributed by atoms with Crippen LogP contribution < -0.4 is 10.1 Å². The third-order valence-corrected chi connectivity index (χ3v) is 4.75. The molecule has 25 heavy (non-hydrogen) atoms. The maximum absolute atomic E-state index is 12.6. The Morgan fingerprint density at radius 2 is 1.80 bits per heavy atom. The van der Waals surface area contributed by atoms with E-state index in [0.717, 1.165) is 23.3 Å². The second-order valence-corrected chi connectivity index (χ2v) is 6.79. The number of hydrogen-bond acceptors (Lipinski definition) is 2. The number of aryl methyl sites for hydroxylation is 3. The van der Waals surface area contributed by atoms with Gasteiger partial charge in [0.2, 0.25) is 0 Å². The molecule has 2 atom stereocenters. The van der Waals surface area contributed by atoms with E-state index in [-0.39, 0.29) is 11.9 Å². The zero-order valence-corrected chi connectivity index (χ0v) is 16.1. The smallest absolute Gasteiger partial charge is 0.261 e. The standard InChI is InChI=1S/C22H29NO2/c1-7-20(19-12-11-14(2)13-16(19)4)23-22(24)18(6)25-21-10-8-9-15(3)17(21)5/h8-13,18,20H,7H2,1-6H3,(H,23,24)/t18-,20-/m0/s1. The lowest BCUT2D eigenvalue weighted by molar-refractivity contribution is -0.128. The van der Waals surface area contributed by atoms with E-state index in [0.29, 0.717) is 0 Å². The Kier molecular flexibility index (Phi) is 6.24. The second-order valence-electron chi connectivity index (χ2n) is 6.79. The molecule has 0 radical (unpaired) electrons. The van der Waals surface area contributed by atoms with Gasteiger partial charge in [0.1, 0.15) is 5.75 Å². The van der Waals surface area contributed by atoms with Crippen LogP contribution in [-0.4, -0.2) is 12.0 Å². The van der Waals surface area contributed by atoms with E-state index in [4.69, 9.17) is 4.74 Å². The van der Waals surface area contributed by atoms with Gasteiger partial charge in [0.25, 0.3) is 5.91 Å². The Labute approximate surface area is 151 Å². The molecule has 2 rings (SSSR count). The van der Waals surface area contributed by atoms with Crippen LogP contribution in [0.1, 0.15) is 54.1 Å². The molecule has 2 aromatic rings. The third kappa shape index (κ3) is 4.62. The summed E-state index contributed by atoms with van der Waals surface area (Å²) in [7, 11) is 0. The van der Waals surface area contributed by atoms with E-state index in [9.17, 15) is 4.79 Å². The lowest BCUT2D eigenvalue weighted by atomic mass is 9.97. The highest BCUT2D eigenvalue weighted by atomic mass is 16.5. The van der Waals surface area contributed by atoms with Crippen molar-refractivity contribution in [3.8, 4) is 5.75 Å². The lowest BCUT2D eigenvalue weighted by Crippen LogP contribution is -2.38. The monoisotopic (exact) mass is 339 g/mol. The molecule has 3 heteroatoms. The van der Waals surface area contributed by atoms with Crippen LogP contribution in [0.4, 0.5) is 0 Å². The number of nitrogens with one attached hydrogen (secondary N) is 1. The van der Waals surface area contributed by atoms with Crippen molar-refractivity contribution in [3.05, 3.63) is 64.2 Å². The quantitative estimate of drug-likeness (QED) is 0.808. The molecule has 0 aliphatic heterocycles. The topological polar surface area (TPSA) is 38.3 Å². The van der Waals surface area contributed by atoms with Crippen LogP contribution in [-0.2, 0) is 4.79 Å². The number of ether oxygens (including phenoxy) is 1. The molecule has 0 fully saturated rings. The van der Waals surface area contributed by atoms with Crippen molar-refractivity contribution in [2.75, 3.05) is 0 Å². The van der Waals surface area contributed by atoms with Crippen LogP contribution in [0.5, 0.6) is 5.75 Å². The van der Waals surface area contributed by atoms with Crippen LogP contribution in [0.25, 0.3) is 0 Å². The van der Waals surface area contributed by atoms with Crippen LogP contribution in [0.2, 0.25) is 0 Å². The number of hydrogen-bond donors (Lipinski definition) is 1. The van der Waals surface area contributed by atoms with E-state index in [1.807, 2.05) is 32.0 Å². The van der Waals surface area contributed by atoms with Crippen LogP contribution in [0.3, 0.4) is 0 Å². The summed E-state index contributed by atoms with van der Waals surface area (Å²) in [5.74, 6) is 0.676. The number of benzene rings is 2. The number of amides is 1. The molecule has 134 valence electrons. The first kappa shape index (κ1) is 19.0. The molecular weight excluding hydrogens is 310 g/mol. The van der Waals surface area contributed by atoms with Crippen LogP contribution in [0, 0.1) is 27.7 Å². The Balaban J connectivity index is 2.09. The Morgan fingerprint density at radius 1 is 1.08 bits per heavy atom. The first-order valence-electron chi connectivity index (χ1n) is 8.93. The van der Waals surface area contributed by atoms with Crippen molar-refractivity contribution < 1.29 is 9.53 Å². The first-order valence-corrected chi connectivity index (χ1v) is 8.93. The lowest BCUT2D eigenvalue weighted by Gasteiger charge is -2.23. The van der Waals surface area contributed by atoms with Crippen LogP contribution >= 0.6 is 0 Å². The van der Waals surface area contributed by atoms with Gasteiger partial charge in [0, 0.05) is 0 Å². The van der Waals surface area contributed by atoms with Crippen LogP contribution in [0.15, 0.2) is 36.4 Å². The van der Waals surface area contributed by atoms with Gasteiger partial charge in [0.05, 0.1) is 6.04 Å². The van der Waals surface area contributed by atoms with Crippen molar-refractivity contribution in [2.24, 2.45) is 0 Å². The summed E-state index contributed by atoms with van der Waals surface area (Å²) >= 11 is 0. The Bertz CT molecular complexity index is 752. The Hall–Kier alpha value is -2.29. The number of carbonyl (C=O) groups is 1. The van der Waals surface area contributed by atoms with Gasteiger partial charge >= 0.3 is 0 Å². The molecule has 3 nitrogen and oxygen atoms in total. The minimum atomic E-state index is -0.541. The van der Waals surface area contributed by atoms with Gasteiger partial charge in [-0.15, -0.1) is 0 Å². The summed E-state index contributed by atoms with van der Waals surface area (Å²) in [5.41, 5.74) is 5.83. The molecular formula is C22H29NO2. The highest BCUT2D eigenvalue weighted by Gasteiger charge is 2.21. The predicted molar refractivity (Wildman–Crippen MR) is 103 cm³/mol. The molecule has 0 heterocycles. The largest absolute Gasteiger partial charge is 0.481 e. The van der Waals surface area contributed by atoms with E-state index >= 15 is 0 Å². The van der Waals surface area contributed by atoms with Gasteiger partial charge < -0.3 is 10.1 Å². The fourth-order valence-electron chi connectivity index (χ4n) is 3.00. The average Bonchev–Trinajstić information content (AvgIpc) is 2.57. The minimum Gasteiger partial charge on any atom is -0.481 e. The van der Waals surface area contributed by atoms with E-state index in [1.54, 1.807) is 6.92 Å². The van der Waals surface area contributed by atoms with E-state index in [1.165, 1.54) is 16.7 Å². The first-order chi connectivity index (χ1) is 11.8. The molecule has 0 saturated carbocycles. The molecule has 0 unspecified atom stereocenters. The normalized spacial score (nSPS) is 13.2. The molecule has 0 bridgehead atoms. The maximum Gasteiger partial charge on any atom is 0.261 e. The van der Waals surface area contributed by atoms with Crippen molar-refractivity contribution in [1.82, 2.24) is 5.32 Å². The fraction of sp³-hybridized carbons (Fsp3) is 0.409. The molecule has 1 N–H and O–H groups in total. The summed E-state index contributed by atoms with van der Waals surface area (Å²) in [4.78, 5) is 12.6. The minimum absolute atomic E-state index is 0.00208. The van der Waals surface area contributed by atoms with Gasteiger partial charge in [-0.1, -0.05) is 42.8 Å². The van der Waals surface area contributed by atoms with Crippen molar-refractivity contribution >= 4 is 5.91 Å². The summed E-state index contributed by atoms with van der Waals surface area (Å²) in [6.07, 6.45) is 0.298. The van der Waals surface area contributed by atoms with Gasteiger partial charge in [-0.2, -0.15) is 0 Å². The van der Waals surface area contributed by atoms with Crippen molar-refractivity contribution in [3.63, 3.8) is 0 Å². The van der Waals surface area contributed by atoms with Gasteiger partial charge in [-0.3, -0.25) is 4.79 Å². The van der Waals surface area contributed by atoms with Crippen molar-refractivity contribution in [2.45, 2.75) is 60.1 Å². The third-order valence-electron chi connectivity index (χ3n) is 4.75. The average molecular weight is 339 g/mol. The SMILES string of the molecule is CC[C@H](NC(=O)[C@H](C)Oc1cccc(C)c1C)c1ccc(C)cc1C. The molecule has 1 amide bonds. The zero-order chi connectivity index (χ0) is 18.6. The van der Waals surface area contributed by atoms with Gasteiger partial charge in [-0.25, -0.2) is 0 Å². The fourth-order valence-corrected chi connectivity index (χ4v) is 3.00. The highest BCUT2D eigenvalue weighted by molar-refractivity contribution is 5.81. The molecule has 0 aliphatic rings. The predicted octanol–water partition coefficient (Wildman–Crippen LogP) is 4.96. The van der Waals surface area contributed by atoms with Gasteiger partial charge in [0.15, 0.2) is 6.10 Å².